The van der Waals surface area contributed by atoms with Gasteiger partial charge in [-0.3, -0.25) is 19.4 Å². The number of H-pyrrole nitrogens is 1. The molecule has 0 aliphatic heterocycles. The molecule has 2 rings (SSSR count). The van der Waals surface area contributed by atoms with Crippen LogP contribution >= 0.6 is 23.2 Å². The van der Waals surface area contributed by atoms with Gasteiger partial charge in [-0.1, -0.05) is 23.2 Å². The lowest BCUT2D eigenvalue weighted by Gasteiger charge is -2.02. The van der Waals surface area contributed by atoms with Crippen LogP contribution in [0.15, 0.2) is 21.7 Å². The smallest absolute Gasteiger partial charge is 0.267 e. The summed E-state index contributed by atoms with van der Waals surface area (Å²) in [6.07, 6.45) is 0. The maximum absolute atomic E-state index is 11.6. The van der Waals surface area contributed by atoms with Gasteiger partial charge in [0.2, 0.25) is 0 Å². The summed E-state index contributed by atoms with van der Waals surface area (Å²) in [7, 11) is 1.46. The molecule has 15 heavy (non-hydrogen) atoms. The van der Waals surface area contributed by atoms with E-state index in [9.17, 15) is 9.59 Å². The molecule has 1 aromatic heterocycles. The number of aryl methyl sites for hydroxylation is 1. The largest absolute Gasteiger partial charge is 0.272 e. The van der Waals surface area contributed by atoms with Gasteiger partial charge in [-0.25, -0.2) is 0 Å². The van der Waals surface area contributed by atoms with Crippen LogP contribution in [0.2, 0.25) is 10.0 Å². The van der Waals surface area contributed by atoms with E-state index in [2.05, 4.69) is 5.10 Å². The van der Waals surface area contributed by atoms with Crippen LogP contribution in [-0.4, -0.2) is 9.78 Å². The van der Waals surface area contributed by atoms with Gasteiger partial charge in [-0.15, -0.1) is 0 Å². The third-order valence-corrected chi connectivity index (χ3v) is 2.83. The number of aromatic amines is 1. The molecule has 0 aliphatic rings. The second kappa shape index (κ2) is 3.40. The molecule has 0 radical (unpaired) electrons. The lowest BCUT2D eigenvalue weighted by atomic mass is 10.2. The van der Waals surface area contributed by atoms with Gasteiger partial charge in [0.15, 0.2) is 0 Å². The number of nitrogens with zero attached hydrogens (tertiary/aromatic N) is 1. The van der Waals surface area contributed by atoms with Crippen molar-refractivity contribution in [3.63, 3.8) is 0 Å². The standard InChI is InChI=1S/C9H6Cl2N2O2/c1-13-9(15)5-3-7(11)6(10)2-4(5)8(14)12-13/h2-3H,1H3,(H,12,14). The second-order valence-electron chi connectivity index (χ2n) is 3.12. The predicted molar refractivity (Wildman–Crippen MR) is 59.8 cm³/mol. The van der Waals surface area contributed by atoms with Crippen molar-refractivity contribution in [2.75, 3.05) is 0 Å². The van der Waals surface area contributed by atoms with Crippen LogP contribution in [0.1, 0.15) is 0 Å². The van der Waals surface area contributed by atoms with Crippen LogP contribution in [0.5, 0.6) is 0 Å². The van der Waals surface area contributed by atoms with Crippen molar-refractivity contribution in [3.8, 4) is 0 Å². The molecule has 0 saturated heterocycles. The van der Waals surface area contributed by atoms with E-state index in [-0.39, 0.29) is 31.9 Å². The van der Waals surface area contributed by atoms with Gasteiger partial charge in [0, 0.05) is 7.05 Å². The number of benzene rings is 1. The van der Waals surface area contributed by atoms with Crippen LogP contribution in [0.4, 0.5) is 0 Å². The molecule has 0 fully saturated rings. The van der Waals surface area contributed by atoms with E-state index >= 15 is 0 Å². The van der Waals surface area contributed by atoms with Crippen molar-refractivity contribution in [1.82, 2.24) is 9.78 Å². The molecule has 4 nitrogen and oxygen atoms in total. The number of halogens is 2. The van der Waals surface area contributed by atoms with Crippen molar-refractivity contribution in [3.05, 3.63) is 42.9 Å². The van der Waals surface area contributed by atoms with Gasteiger partial charge < -0.3 is 0 Å². The third kappa shape index (κ3) is 1.56. The highest BCUT2D eigenvalue weighted by molar-refractivity contribution is 6.42. The van der Waals surface area contributed by atoms with Crippen molar-refractivity contribution in [2.24, 2.45) is 7.05 Å². The molecule has 1 N–H and O–H groups in total. The summed E-state index contributed by atoms with van der Waals surface area (Å²) in [6.45, 7) is 0. The first kappa shape index (κ1) is 10.3. The highest BCUT2D eigenvalue weighted by Crippen LogP contribution is 2.24. The fourth-order valence-electron chi connectivity index (χ4n) is 1.36. The monoisotopic (exact) mass is 244 g/mol. The minimum Gasteiger partial charge on any atom is -0.267 e. The quantitative estimate of drug-likeness (QED) is 0.765. The maximum Gasteiger partial charge on any atom is 0.272 e. The lowest BCUT2D eigenvalue weighted by molar-refractivity contribution is 0.704. The van der Waals surface area contributed by atoms with Crippen LogP contribution in [0, 0.1) is 0 Å². The van der Waals surface area contributed by atoms with Crippen LogP contribution < -0.4 is 11.1 Å². The van der Waals surface area contributed by atoms with Gasteiger partial charge in [-0.05, 0) is 12.1 Å². The van der Waals surface area contributed by atoms with E-state index in [0.717, 1.165) is 4.68 Å². The molecule has 0 aliphatic carbocycles. The number of aromatic nitrogens is 2. The number of nitrogens with one attached hydrogen (secondary N) is 1. The van der Waals surface area contributed by atoms with E-state index in [0.29, 0.717) is 0 Å². The van der Waals surface area contributed by atoms with Crippen LogP contribution in [-0.2, 0) is 7.05 Å². The van der Waals surface area contributed by atoms with Gasteiger partial charge >= 0.3 is 0 Å². The molecule has 0 saturated carbocycles. The number of fused-ring (bicyclic) bond motifs is 1. The molecule has 0 spiro atoms. The van der Waals surface area contributed by atoms with Gasteiger partial charge in [0.05, 0.1) is 20.8 Å². The SMILES string of the molecule is Cn1[nH]c(=O)c2cc(Cl)c(Cl)cc2c1=O. The maximum atomic E-state index is 11.6. The first-order valence-electron chi connectivity index (χ1n) is 4.09. The summed E-state index contributed by atoms with van der Waals surface area (Å²) in [6, 6.07) is 2.79. The van der Waals surface area contributed by atoms with Crippen LogP contribution in [0.25, 0.3) is 10.8 Å². The Bertz CT molecular complexity index is 657. The number of hydrogen-bond donors (Lipinski definition) is 1. The van der Waals surface area contributed by atoms with Crippen molar-refractivity contribution in [2.45, 2.75) is 0 Å². The van der Waals surface area contributed by atoms with E-state index in [1.54, 1.807) is 0 Å². The molecule has 78 valence electrons. The topological polar surface area (TPSA) is 54.9 Å². The Labute approximate surface area is 94.0 Å². The number of hydrogen-bond acceptors (Lipinski definition) is 2. The Hall–Kier alpha value is -1.26. The fourth-order valence-corrected chi connectivity index (χ4v) is 1.68. The molecule has 2 aromatic rings. The molecule has 0 atom stereocenters. The van der Waals surface area contributed by atoms with E-state index < -0.39 is 0 Å². The lowest BCUT2D eigenvalue weighted by Crippen LogP contribution is -2.27. The second-order valence-corrected chi connectivity index (χ2v) is 3.93. The normalized spacial score (nSPS) is 10.9. The Morgan fingerprint density at radius 3 is 2.27 bits per heavy atom. The Morgan fingerprint density at radius 2 is 1.67 bits per heavy atom. The molecule has 0 amide bonds. The predicted octanol–water partition coefficient (Wildman–Crippen LogP) is 1.53. The molecule has 6 heteroatoms. The van der Waals surface area contributed by atoms with Crippen molar-refractivity contribution < 1.29 is 0 Å². The average Bonchev–Trinajstić information content (AvgIpc) is 2.18. The summed E-state index contributed by atoms with van der Waals surface area (Å²) < 4.78 is 1.11. The van der Waals surface area contributed by atoms with Gasteiger partial charge in [-0.2, -0.15) is 0 Å². The van der Waals surface area contributed by atoms with Crippen LogP contribution in [0.3, 0.4) is 0 Å². The summed E-state index contributed by atoms with van der Waals surface area (Å²) in [5, 5.41) is 3.39. The zero-order valence-corrected chi connectivity index (χ0v) is 9.19. The highest BCUT2D eigenvalue weighted by Gasteiger charge is 2.08. The first-order valence-corrected chi connectivity index (χ1v) is 4.84. The molecule has 1 heterocycles. The average molecular weight is 245 g/mol. The van der Waals surface area contributed by atoms with Gasteiger partial charge in [0.1, 0.15) is 0 Å². The first-order chi connectivity index (χ1) is 7.00. The Morgan fingerprint density at radius 1 is 1.13 bits per heavy atom. The molecular formula is C9H6Cl2N2O2. The van der Waals surface area contributed by atoms with E-state index in [1.165, 1.54) is 19.2 Å². The molecule has 0 bridgehead atoms. The van der Waals surface area contributed by atoms with E-state index in [4.69, 9.17) is 23.2 Å². The zero-order chi connectivity index (χ0) is 11.2. The minimum absolute atomic E-state index is 0.243. The summed E-state index contributed by atoms with van der Waals surface area (Å²) in [5.74, 6) is 0. The highest BCUT2D eigenvalue weighted by atomic mass is 35.5. The van der Waals surface area contributed by atoms with Gasteiger partial charge in [0.25, 0.3) is 11.1 Å². The third-order valence-electron chi connectivity index (χ3n) is 2.11. The fraction of sp³-hybridized carbons (Fsp3) is 0.111. The summed E-state index contributed by atoms with van der Waals surface area (Å²) in [5.41, 5.74) is -0.686. The van der Waals surface area contributed by atoms with E-state index in [1.807, 2.05) is 0 Å². The zero-order valence-electron chi connectivity index (χ0n) is 7.67. The molecule has 0 unspecified atom stereocenters. The number of rotatable bonds is 0. The molecule has 1 aromatic carbocycles. The molecular weight excluding hydrogens is 239 g/mol. The van der Waals surface area contributed by atoms with Crippen molar-refractivity contribution >= 4 is 34.0 Å². The summed E-state index contributed by atoms with van der Waals surface area (Å²) in [4.78, 5) is 23.1. The Kier molecular flexibility index (Phi) is 2.32. The Balaban J connectivity index is 3.11. The van der Waals surface area contributed by atoms with Crippen molar-refractivity contribution in [1.29, 1.82) is 0 Å². The minimum atomic E-state index is -0.370. The summed E-state index contributed by atoms with van der Waals surface area (Å²) >= 11 is 11.5.